The lowest BCUT2D eigenvalue weighted by atomic mass is 9.99. The normalized spacial score (nSPS) is 23.8. The highest BCUT2D eigenvalue weighted by molar-refractivity contribution is 5.92. The zero-order valence-electron chi connectivity index (χ0n) is 18.9. The number of carbonyl (C=O) groups is 1. The van der Waals surface area contributed by atoms with Gasteiger partial charge in [0.1, 0.15) is 11.5 Å². The molecule has 3 aromatic rings. The summed E-state index contributed by atoms with van der Waals surface area (Å²) in [4.78, 5) is 26.7. The number of aliphatic hydroxyl groups excluding tert-OH is 1. The first-order valence-corrected chi connectivity index (χ1v) is 11.5. The Labute approximate surface area is 187 Å². The molecule has 0 aromatic carbocycles. The molecule has 3 aromatic heterocycles. The second-order valence-electron chi connectivity index (χ2n) is 9.24. The lowest BCUT2D eigenvalue weighted by Gasteiger charge is -2.34. The number of aryl methyl sites for hydroxylation is 2. The molecule has 3 atom stereocenters. The summed E-state index contributed by atoms with van der Waals surface area (Å²) < 4.78 is 1.81. The Hall–Kier alpha value is -3.00. The van der Waals surface area contributed by atoms with Gasteiger partial charge in [-0.3, -0.25) is 4.79 Å². The predicted molar refractivity (Wildman–Crippen MR) is 122 cm³/mol. The maximum absolute atomic E-state index is 13.3. The molecule has 1 N–H and O–H groups in total. The molecule has 0 bridgehead atoms. The summed E-state index contributed by atoms with van der Waals surface area (Å²) in [6, 6.07) is 7.48. The Morgan fingerprint density at radius 1 is 1.16 bits per heavy atom. The van der Waals surface area contributed by atoms with Gasteiger partial charge >= 0.3 is 0 Å². The van der Waals surface area contributed by atoms with Crippen LogP contribution >= 0.6 is 0 Å². The van der Waals surface area contributed by atoms with Crippen LogP contribution in [0.5, 0.6) is 0 Å². The number of hydrogen-bond donors (Lipinski definition) is 1. The van der Waals surface area contributed by atoms with Gasteiger partial charge in [0.15, 0.2) is 5.65 Å². The fraction of sp³-hybridized carbons (Fsp3) is 0.500. The third-order valence-corrected chi connectivity index (χ3v) is 6.71. The maximum atomic E-state index is 13.3. The number of anilines is 1. The Balaban J connectivity index is 1.47. The quantitative estimate of drug-likeness (QED) is 0.682. The molecule has 32 heavy (non-hydrogen) atoms. The SMILES string of the molecule is Cc1cccc(C(=O)N2CCCC[C@H]2c2cc3nc(N4C[C@@H](C)[C@@H](O)C4)c(C)cn3n2)n1. The lowest BCUT2D eigenvalue weighted by molar-refractivity contribution is 0.0599. The topological polar surface area (TPSA) is 86.9 Å². The second-order valence-corrected chi connectivity index (χ2v) is 9.24. The van der Waals surface area contributed by atoms with Gasteiger partial charge in [0.25, 0.3) is 5.91 Å². The fourth-order valence-corrected chi connectivity index (χ4v) is 4.92. The number of fused-ring (bicyclic) bond motifs is 1. The molecule has 0 radical (unpaired) electrons. The smallest absolute Gasteiger partial charge is 0.273 e. The van der Waals surface area contributed by atoms with E-state index in [0.717, 1.165) is 54.2 Å². The summed E-state index contributed by atoms with van der Waals surface area (Å²) in [5, 5.41) is 15.0. The first-order valence-electron chi connectivity index (χ1n) is 11.5. The number of hydrogen-bond acceptors (Lipinski definition) is 6. The van der Waals surface area contributed by atoms with Crippen LogP contribution in [0.4, 0.5) is 5.82 Å². The van der Waals surface area contributed by atoms with Crippen molar-refractivity contribution in [3.8, 4) is 0 Å². The van der Waals surface area contributed by atoms with Crippen molar-refractivity contribution < 1.29 is 9.90 Å². The van der Waals surface area contributed by atoms with Crippen LogP contribution in [0, 0.1) is 19.8 Å². The lowest BCUT2D eigenvalue weighted by Crippen LogP contribution is -2.39. The molecule has 0 spiro atoms. The molecule has 8 heteroatoms. The third-order valence-electron chi connectivity index (χ3n) is 6.71. The van der Waals surface area contributed by atoms with Crippen molar-refractivity contribution in [2.24, 2.45) is 5.92 Å². The molecule has 5 rings (SSSR count). The van der Waals surface area contributed by atoms with E-state index in [-0.39, 0.29) is 24.0 Å². The number of carbonyl (C=O) groups excluding carboxylic acids is 1. The minimum Gasteiger partial charge on any atom is -0.391 e. The van der Waals surface area contributed by atoms with Gasteiger partial charge < -0.3 is 14.9 Å². The molecule has 0 saturated carbocycles. The summed E-state index contributed by atoms with van der Waals surface area (Å²) in [6.45, 7) is 8.08. The van der Waals surface area contributed by atoms with E-state index in [1.807, 2.05) is 47.7 Å². The van der Waals surface area contributed by atoms with Gasteiger partial charge in [-0.05, 0) is 45.2 Å². The number of β-amino-alcohol motifs (C(OH)–C–C–N with tert-alkyl or cyclic N) is 1. The molecule has 0 unspecified atom stereocenters. The highest BCUT2D eigenvalue weighted by Crippen LogP contribution is 2.33. The molecule has 0 aliphatic carbocycles. The van der Waals surface area contributed by atoms with E-state index in [1.165, 1.54) is 0 Å². The van der Waals surface area contributed by atoms with E-state index in [0.29, 0.717) is 18.8 Å². The maximum Gasteiger partial charge on any atom is 0.273 e. The first kappa shape index (κ1) is 20.9. The highest BCUT2D eigenvalue weighted by Gasteiger charge is 2.32. The Bertz CT molecular complexity index is 1150. The van der Waals surface area contributed by atoms with Gasteiger partial charge in [0, 0.05) is 49.1 Å². The van der Waals surface area contributed by atoms with E-state index in [1.54, 1.807) is 6.07 Å². The molecular weight excluding hydrogens is 404 g/mol. The van der Waals surface area contributed by atoms with Gasteiger partial charge in [0.2, 0.25) is 0 Å². The largest absolute Gasteiger partial charge is 0.391 e. The molecule has 2 saturated heterocycles. The van der Waals surface area contributed by atoms with Gasteiger partial charge in [-0.15, -0.1) is 0 Å². The van der Waals surface area contributed by atoms with E-state index >= 15 is 0 Å². The van der Waals surface area contributed by atoms with Crippen molar-refractivity contribution >= 4 is 17.4 Å². The van der Waals surface area contributed by atoms with Gasteiger partial charge in [0.05, 0.1) is 17.8 Å². The average molecular weight is 435 g/mol. The summed E-state index contributed by atoms with van der Waals surface area (Å²) in [5.41, 5.74) is 3.98. The van der Waals surface area contributed by atoms with Crippen molar-refractivity contribution in [2.75, 3.05) is 24.5 Å². The molecule has 1 amide bonds. The zero-order chi connectivity index (χ0) is 22.4. The van der Waals surface area contributed by atoms with E-state index in [4.69, 9.17) is 10.1 Å². The number of aliphatic hydroxyl groups is 1. The number of nitrogens with zero attached hydrogens (tertiary/aromatic N) is 6. The Morgan fingerprint density at radius 3 is 2.75 bits per heavy atom. The number of likely N-dealkylation sites (tertiary alicyclic amines) is 1. The molecule has 2 aliphatic rings. The minimum atomic E-state index is -0.329. The van der Waals surface area contributed by atoms with Crippen LogP contribution in [0.2, 0.25) is 0 Å². The minimum absolute atomic E-state index is 0.0414. The van der Waals surface area contributed by atoms with Crippen LogP contribution in [0.1, 0.15) is 59.7 Å². The van der Waals surface area contributed by atoms with Crippen LogP contribution in [0.3, 0.4) is 0 Å². The molecule has 8 nitrogen and oxygen atoms in total. The van der Waals surface area contributed by atoms with Crippen molar-refractivity contribution in [3.05, 3.63) is 53.1 Å². The summed E-state index contributed by atoms with van der Waals surface area (Å²) in [5.74, 6) is 1.08. The van der Waals surface area contributed by atoms with Crippen LogP contribution < -0.4 is 4.90 Å². The molecule has 2 aliphatic heterocycles. The van der Waals surface area contributed by atoms with Gasteiger partial charge in [-0.1, -0.05) is 13.0 Å². The van der Waals surface area contributed by atoms with Gasteiger partial charge in [-0.25, -0.2) is 14.5 Å². The number of piperidine rings is 1. The number of pyridine rings is 1. The van der Waals surface area contributed by atoms with Crippen LogP contribution in [-0.4, -0.2) is 61.2 Å². The number of aromatic nitrogens is 4. The predicted octanol–water partition coefficient (Wildman–Crippen LogP) is 2.93. The van der Waals surface area contributed by atoms with E-state index in [2.05, 4.69) is 16.8 Å². The van der Waals surface area contributed by atoms with Crippen LogP contribution in [0.15, 0.2) is 30.5 Å². The Morgan fingerprint density at radius 2 is 2.00 bits per heavy atom. The van der Waals surface area contributed by atoms with E-state index in [9.17, 15) is 9.90 Å². The van der Waals surface area contributed by atoms with Crippen molar-refractivity contribution in [1.29, 1.82) is 0 Å². The van der Waals surface area contributed by atoms with Gasteiger partial charge in [-0.2, -0.15) is 5.10 Å². The molecule has 5 heterocycles. The van der Waals surface area contributed by atoms with Crippen LogP contribution in [0.25, 0.3) is 5.65 Å². The first-order chi connectivity index (χ1) is 15.4. The summed E-state index contributed by atoms with van der Waals surface area (Å²) in [6.07, 6.45) is 4.59. The fourth-order valence-electron chi connectivity index (χ4n) is 4.92. The van der Waals surface area contributed by atoms with Crippen molar-refractivity contribution in [1.82, 2.24) is 24.5 Å². The summed E-state index contributed by atoms with van der Waals surface area (Å²) >= 11 is 0. The number of rotatable bonds is 3. The second kappa shape index (κ2) is 8.16. The molecule has 168 valence electrons. The Kier molecular flexibility index (Phi) is 5.33. The van der Waals surface area contributed by atoms with Crippen molar-refractivity contribution in [2.45, 2.75) is 52.2 Å². The molecular formula is C24H30N6O2. The monoisotopic (exact) mass is 434 g/mol. The van der Waals surface area contributed by atoms with E-state index < -0.39 is 0 Å². The van der Waals surface area contributed by atoms with Crippen molar-refractivity contribution in [3.63, 3.8) is 0 Å². The van der Waals surface area contributed by atoms with Crippen LogP contribution in [-0.2, 0) is 0 Å². The average Bonchev–Trinajstić information content (AvgIpc) is 3.34. The highest BCUT2D eigenvalue weighted by atomic mass is 16.3. The standard InChI is InChI=1S/C24H30N6O2/c1-15-12-28(14-21(15)31)23-16(2)13-30-22(26-23)11-19(27-30)20-9-4-5-10-29(20)24(32)18-8-6-7-17(3)25-18/h6-8,11,13,15,20-21,31H,4-5,9-10,12,14H2,1-3H3/t15-,20+,21+/m1/s1. The summed E-state index contributed by atoms with van der Waals surface area (Å²) in [7, 11) is 0. The molecule has 2 fully saturated rings. The zero-order valence-corrected chi connectivity index (χ0v) is 18.9. The third kappa shape index (κ3) is 3.72. The number of amides is 1.